The highest BCUT2D eigenvalue weighted by Crippen LogP contribution is 2.28. The molecule has 0 saturated carbocycles. The number of aliphatic hydroxyl groups is 1. The van der Waals surface area contributed by atoms with Gasteiger partial charge in [0.15, 0.2) is 6.23 Å². The van der Waals surface area contributed by atoms with E-state index in [2.05, 4.69) is 5.32 Å². The summed E-state index contributed by atoms with van der Waals surface area (Å²) in [5, 5.41) is 15.4. The van der Waals surface area contributed by atoms with Crippen molar-refractivity contribution in [1.82, 2.24) is 5.32 Å². The summed E-state index contributed by atoms with van der Waals surface area (Å²) in [7, 11) is 0. The second-order valence-corrected chi connectivity index (χ2v) is 4.37. The zero-order valence-electron chi connectivity index (χ0n) is 6.56. The molecule has 0 aromatic carbocycles. The van der Waals surface area contributed by atoms with E-state index in [-0.39, 0.29) is 5.24 Å². The zero-order chi connectivity index (χ0) is 9.26. The molecule has 1 fully saturated rings. The van der Waals surface area contributed by atoms with E-state index < -0.39 is 6.23 Å². The molecule has 2 rings (SSSR count). The third-order valence-electron chi connectivity index (χ3n) is 1.59. The molecule has 1 aliphatic rings. The van der Waals surface area contributed by atoms with Crippen LogP contribution in [-0.2, 0) is 0 Å². The van der Waals surface area contributed by atoms with Gasteiger partial charge in [0.05, 0.1) is 0 Å². The molecule has 1 unspecified atom stereocenters. The van der Waals surface area contributed by atoms with Crippen LogP contribution in [-0.4, -0.2) is 16.6 Å². The largest absolute Gasteiger partial charge is 0.369 e. The Hall–Kier alpha value is -0.780. The highest BCUT2D eigenvalue weighted by molar-refractivity contribution is 8.17. The van der Waals surface area contributed by atoms with E-state index in [0.29, 0.717) is 4.91 Å². The zero-order valence-corrected chi connectivity index (χ0v) is 8.19. The molecule has 1 aromatic rings. The summed E-state index contributed by atoms with van der Waals surface area (Å²) < 4.78 is 0. The summed E-state index contributed by atoms with van der Waals surface area (Å²) in [5.74, 6) is 0. The van der Waals surface area contributed by atoms with Gasteiger partial charge in [-0.1, -0.05) is 0 Å². The minimum Gasteiger partial charge on any atom is -0.369 e. The van der Waals surface area contributed by atoms with Gasteiger partial charge >= 0.3 is 0 Å². The minimum atomic E-state index is -0.836. The molecule has 2 heterocycles. The fourth-order valence-electron chi connectivity index (χ4n) is 1.00. The van der Waals surface area contributed by atoms with Crippen molar-refractivity contribution in [3.05, 3.63) is 27.3 Å². The Morgan fingerprint density at radius 1 is 1.62 bits per heavy atom. The van der Waals surface area contributed by atoms with Gasteiger partial charge in [0.1, 0.15) is 0 Å². The topological polar surface area (TPSA) is 49.3 Å². The first-order valence-electron chi connectivity index (χ1n) is 3.66. The Morgan fingerprint density at radius 2 is 2.46 bits per heavy atom. The summed E-state index contributed by atoms with van der Waals surface area (Å²) in [6.45, 7) is 0. The van der Waals surface area contributed by atoms with Gasteiger partial charge in [0.2, 0.25) is 0 Å². The Balaban J connectivity index is 2.21. The summed E-state index contributed by atoms with van der Waals surface area (Å²) in [6, 6.07) is 1.94. The van der Waals surface area contributed by atoms with Crippen LogP contribution in [0.1, 0.15) is 5.56 Å². The van der Waals surface area contributed by atoms with Gasteiger partial charge in [0.25, 0.3) is 5.24 Å². The number of thioether (sulfide) groups is 1. The van der Waals surface area contributed by atoms with Crippen LogP contribution in [0.2, 0.25) is 0 Å². The summed E-state index contributed by atoms with van der Waals surface area (Å²) >= 11 is 2.62. The van der Waals surface area contributed by atoms with Gasteiger partial charge in [-0.2, -0.15) is 11.3 Å². The Kier molecular flexibility index (Phi) is 2.39. The first kappa shape index (κ1) is 8.80. The summed E-state index contributed by atoms with van der Waals surface area (Å²) in [5.41, 5.74) is 1.02. The van der Waals surface area contributed by atoms with E-state index >= 15 is 0 Å². The quantitative estimate of drug-likeness (QED) is 0.748. The lowest BCUT2D eigenvalue weighted by atomic mass is 10.3. The first-order chi connectivity index (χ1) is 6.25. The highest BCUT2D eigenvalue weighted by atomic mass is 32.2. The van der Waals surface area contributed by atoms with Crippen LogP contribution in [0.3, 0.4) is 0 Å². The third kappa shape index (κ3) is 1.93. The van der Waals surface area contributed by atoms with Gasteiger partial charge in [-0.15, -0.1) is 0 Å². The van der Waals surface area contributed by atoms with E-state index in [9.17, 15) is 9.90 Å². The second kappa shape index (κ2) is 3.53. The number of carbonyl (C=O) groups is 1. The van der Waals surface area contributed by atoms with E-state index in [1.807, 2.05) is 22.9 Å². The summed E-state index contributed by atoms with van der Waals surface area (Å²) in [6.07, 6.45) is 0.974. The second-order valence-electron chi connectivity index (χ2n) is 2.54. The monoisotopic (exact) mass is 213 g/mol. The van der Waals surface area contributed by atoms with E-state index in [1.54, 1.807) is 11.3 Å². The van der Waals surface area contributed by atoms with Gasteiger partial charge in [-0.3, -0.25) is 4.79 Å². The molecule has 0 radical (unpaired) electrons. The van der Waals surface area contributed by atoms with Crippen LogP contribution in [0.25, 0.3) is 6.08 Å². The fourth-order valence-corrected chi connectivity index (χ4v) is 2.37. The van der Waals surface area contributed by atoms with Crippen molar-refractivity contribution in [2.24, 2.45) is 0 Å². The SMILES string of the molecule is O=C1NC(O)/C(=C/c2ccsc2)S1. The molecule has 0 bridgehead atoms. The Morgan fingerprint density at radius 3 is 3.00 bits per heavy atom. The van der Waals surface area contributed by atoms with Crippen LogP contribution in [0.4, 0.5) is 4.79 Å². The maximum absolute atomic E-state index is 10.8. The summed E-state index contributed by atoms with van der Waals surface area (Å²) in [4.78, 5) is 11.5. The van der Waals surface area contributed by atoms with Crippen molar-refractivity contribution >= 4 is 34.4 Å². The smallest absolute Gasteiger partial charge is 0.285 e. The van der Waals surface area contributed by atoms with Crippen molar-refractivity contribution in [2.75, 3.05) is 0 Å². The number of hydrogen-bond acceptors (Lipinski definition) is 4. The molecule has 1 aromatic heterocycles. The third-order valence-corrected chi connectivity index (χ3v) is 3.17. The van der Waals surface area contributed by atoms with Crippen molar-refractivity contribution in [1.29, 1.82) is 0 Å². The molecule has 3 nitrogen and oxygen atoms in total. The fraction of sp³-hybridized carbons (Fsp3) is 0.125. The lowest BCUT2D eigenvalue weighted by Crippen LogP contribution is -2.23. The molecular formula is C8H7NO2S2. The molecule has 5 heteroatoms. The first-order valence-corrected chi connectivity index (χ1v) is 5.42. The molecule has 68 valence electrons. The van der Waals surface area contributed by atoms with Crippen LogP contribution in [0.15, 0.2) is 21.7 Å². The van der Waals surface area contributed by atoms with Crippen LogP contribution < -0.4 is 5.32 Å². The van der Waals surface area contributed by atoms with Gasteiger partial charge < -0.3 is 10.4 Å². The number of carbonyl (C=O) groups excluding carboxylic acids is 1. The lowest BCUT2D eigenvalue weighted by molar-refractivity contribution is 0.192. The van der Waals surface area contributed by atoms with E-state index in [0.717, 1.165) is 17.3 Å². The molecule has 1 atom stereocenters. The molecular weight excluding hydrogens is 206 g/mol. The predicted molar refractivity (Wildman–Crippen MR) is 54.4 cm³/mol. The highest BCUT2D eigenvalue weighted by Gasteiger charge is 2.25. The molecule has 1 amide bonds. The number of thiophene rings is 1. The number of amides is 1. The van der Waals surface area contributed by atoms with Gasteiger partial charge in [0, 0.05) is 4.91 Å². The normalized spacial score (nSPS) is 25.2. The lowest BCUT2D eigenvalue weighted by Gasteiger charge is -1.99. The van der Waals surface area contributed by atoms with Crippen molar-refractivity contribution < 1.29 is 9.90 Å². The average Bonchev–Trinajstić information content (AvgIpc) is 2.63. The van der Waals surface area contributed by atoms with Crippen LogP contribution in [0.5, 0.6) is 0 Å². The number of hydrogen-bond donors (Lipinski definition) is 2. The average molecular weight is 213 g/mol. The van der Waals surface area contributed by atoms with Gasteiger partial charge in [-0.05, 0) is 40.2 Å². The number of rotatable bonds is 1. The maximum atomic E-state index is 10.8. The van der Waals surface area contributed by atoms with E-state index in [1.165, 1.54) is 0 Å². The molecule has 1 saturated heterocycles. The van der Waals surface area contributed by atoms with E-state index in [4.69, 9.17) is 0 Å². The Labute approximate surface area is 83.5 Å². The molecule has 0 aliphatic carbocycles. The molecule has 2 N–H and O–H groups in total. The van der Waals surface area contributed by atoms with Crippen LogP contribution >= 0.6 is 23.1 Å². The molecule has 1 aliphatic heterocycles. The standard InChI is InChI=1S/C8H7NO2S2/c10-7-6(13-8(11)9-7)3-5-1-2-12-4-5/h1-4,7,10H,(H,9,11)/b6-3-. The Bertz CT molecular complexity index is 345. The van der Waals surface area contributed by atoms with Crippen molar-refractivity contribution in [3.8, 4) is 0 Å². The maximum Gasteiger partial charge on any atom is 0.285 e. The minimum absolute atomic E-state index is 0.200. The molecule has 0 spiro atoms. The molecule has 13 heavy (non-hydrogen) atoms. The van der Waals surface area contributed by atoms with Crippen LogP contribution in [0, 0.1) is 0 Å². The number of aliphatic hydroxyl groups excluding tert-OH is 1. The number of nitrogens with one attached hydrogen (secondary N) is 1. The van der Waals surface area contributed by atoms with Crippen molar-refractivity contribution in [2.45, 2.75) is 6.23 Å². The van der Waals surface area contributed by atoms with Crippen molar-refractivity contribution in [3.63, 3.8) is 0 Å². The van der Waals surface area contributed by atoms with Gasteiger partial charge in [-0.25, -0.2) is 0 Å². The predicted octanol–water partition coefficient (Wildman–Crippen LogP) is 1.86.